The Labute approximate surface area is 126 Å². The molecule has 21 heavy (non-hydrogen) atoms. The topological polar surface area (TPSA) is 38.3 Å². The number of benzene rings is 2. The van der Waals surface area contributed by atoms with E-state index in [4.69, 9.17) is 4.74 Å². The zero-order valence-electron chi connectivity index (χ0n) is 12.8. The van der Waals surface area contributed by atoms with Gasteiger partial charge in [-0.15, -0.1) is 0 Å². The van der Waals surface area contributed by atoms with E-state index in [-0.39, 0.29) is 5.91 Å². The van der Waals surface area contributed by atoms with E-state index in [1.807, 2.05) is 44.2 Å². The summed E-state index contributed by atoms with van der Waals surface area (Å²) in [5.74, 6) is 0.608. The molecular weight excluding hydrogens is 262 g/mol. The van der Waals surface area contributed by atoms with Crippen LogP contribution in [0.15, 0.2) is 42.5 Å². The molecule has 2 rings (SSSR count). The monoisotopic (exact) mass is 283 g/mol. The fourth-order valence-electron chi connectivity index (χ4n) is 2.03. The van der Waals surface area contributed by atoms with E-state index in [9.17, 15) is 4.79 Å². The van der Waals surface area contributed by atoms with Crippen LogP contribution in [0.5, 0.6) is 5.75 Å². The molecule has 1 amide bonds. The zero-order chi connectivity index (χ0) is 15.2. The van der Waals surface area contributed by atoms with E-state index in [2.05, 4.69) is 12.2 Å². The number of nitrogens with one attached hydrogen (secondary N) is 1. The molecule has 3 heteroatoms. The molecule has 0 spiro atoms. The number of aryl methyl sites for hydroxylation is 1. The average molecular weight is 283 g/mol. The quantitative estimate of drug-likeness (QED) is 0.886. The molecule has 0 fully saturated rings. The lowest BCUT2D eigenvalue weighted by Gasteiger charge is -2.11. The van der Waals surface area contributed by atoms with Crippen molar-refractivity contribution in [2.45, 2.75) is 27.2 Å². The van der Waals surface area contributed by atoms with Gasteiger partial charge in [0.2, 0.25) is 0 Å². The van der Waals surface area contributed by atoms with Gasteiger partial charge in [0.05, 0.1) is 6.61 Å². The summed E-state index contributed by atoms with van der Waals surface area (Å²) in [6.45, 7) is 6.75. The first-order chi connectivity index (χ1) is 10.1. The number of carbonyl (C=O) groups is 1. The van der Waals surface area contributed by atoms with Crippen LogP contribution in [0.4, 0.5) is 5.69 Å². The van der Waals surface area contributed by atoms with E-state index in [0.717, 1.165) is 29.0 Å². The van der Waals surface area contributed by atoms with Crippen LogP contribution < -0.4 is 10.1 Å². The Hall–Kier alpha value is -2.29. The standard InChI is InChI=1S/C18H21NO2/c1-4-11-21-16-9-6-8-15(12-16)18(20)19-17-10-5-7-13(2)14(17)3/h5-10,12H,4,11H2,1-3H3,(H,19,20). The van der Waals surface area contributed by atoms with E-state index in [1.165, 1.54) is 0 Å². The van der Waals surface area contributed by atoms with Crippen LogP contribution in [0.3, 0.4) is 0 Å². The maximum atomic E-state index is 12.3. The fraction of sp³-hybridized carbons (Fsp3) is 0.278. The molecule has 1 N–H and O–H groups in total. The number of ether oxygens (including phenoxy) is 1. The second-order valence-electron chi connectivity index (χ2n) is 5.08. The van der Waals surface area contributed by atoms with Crippen molar-refractivity contribution in [3.63, 3.8) is 0 Å². The molecule has 3 nitrogen and oxygen atoms in total. The fourth-order valence-corrected chi connectivity index (χ4v) is 2.03. The van der Waals surface area contributed by atoms with Gasteiger partial charge in [-0.2, -0.15) is 0 Å². The van der Waals surface area contributed by atoms with Crippen molar-refractivity contribution in [3.05, 3.63) is 59.2 Å². The minimum Gasteiger partial charge on any atom is -0.494 e. The molecule has 0 radical (unpaired) electrons. The van der Waals surface area contributed by atoms with Gasteiger partial charge in [0, 0.05) is 11.3 Å². The van der Waals surface area contributed by atoms with Gasteiger partial charge in [-0.05, 0) is 55.7 Å². The molecule has 0 saturated carbocycles. The van der Waals surface area contributed by atoms with Crippen LogP contribution in [-0.2, 0) is 0 Å². The first-order valence-corrected chi connectivity index (χ1v) is 7.22. The second kappa shape index (κ2) is 6.93. The van der Waals surface area contributed by atoms with E-state index in [0.29, 0.717) is 12.2 Å². The number of hydrogen-bond acceptors (Lipinski definition) is 2. The predicted molar refractivity (Wildman–Crippen MR) is 86.1 cm³/mol. The van der Waals surface area contributed by atoms with Crippen molar-refractivity contribution in [2.24, 2.45) is 0 Å². The van der Waals surface area contributed by atoms with Gasteiger partial charge < -0.3 is 10.1 Å². The van der Waals surface area contributed by atoms with Crippen LogP contribution in [0.25, 0.3) is 0 Å². The largest absolute Gasteiger partial charge is 0.494 e. The van der Waals surface area contributed by atoms with Gasteiger partial charge in [-0.1, -0.05) is 25.1 Å². The van der Waals surface area contributed by atoms with Gasteiger partial charge in [-0.3, -0.25) is 4.79 Å². The molecule has 0 saturated heterocycles. The van der Waals surface area contributed by atoms with Gasteiger partial charge >= 0.3 is 0 Å². The van der Waals surface area contributed by atoms with Gasteiger partial charge in [0.25, 0.3) is 5.91 Å². The third kappa shape index (κ3) is 3.85. The summed E-state index contributed by atoms with van der Waals surface area (Å²) in [4.78, 5) is 12.3. The molecule has 0 aliphatic carbocycles. The maximum absolute atomic E-state index is 12.3. The van der Waals surface area contributed by atoms with E-state index >= 15 is 0 Å². The molecule has 0 aliphatic rings. The van der Waals surface area contributed by atoms with Gasteiger partial charge in [0.15, 0.2) is 0 Å². The Balaban J connectivity index is 2.15. The minimum absolute atomic E-state index is 0.120. The highest BCUT2D eigenvalue weighted by molar-refractivity contribution is 6.04. The highest BCUT2D eigenvalue weighted by Gasteiger charge is 2.09. The molecule has 0 aromatic heterocycles. The second-order valence-corrected chi connectivity index (χ2v) is 5.08. The van der Waals surface area contributed by atoms with Crippen molar-refractivity contribution < 1.29 is 9.53 Å². The van der Waals surface area contributed by atoms with Crippen LogP contribution in [0, 0.1) is 13.8 Å². The van der Waals surface area contributed by atoms with Crippen molar-refractivity contribution in [3.8, 4) is 5.75 Å². The first kappa shape index (κ1) is 15.1. The lowest BCUT2D eigenvalue weighted by atomic mass is 10.1. The Kier molecular flexibility index (Phi) is 4.99. The number of carbonyl (C=O) groups excluding carboxylic acids is 1. The molecule has 0 bridgehead atoms. The smallest absolute Gasteiger partial charge is 0.255 e. The molecular formula is C18H21NO2. The van der Waals surface area contributed by atoms with E-state index in [1.54, 1.807) is 12.1 Å². The summed E-state index contributed by atoms with van der Waals surface area (Å²) in [6.07, 6.45) is 0.943. The summed E-state index contributed by atoms with van der Waals surface area (Å²) < 4.78 is 5.56. The van der Waals surface area contributed by atoms with Gasteiger partial charge in [-0.25, -0.2) is 0 Å². The van der Waals surface area contributed by atoms with Crippen LogP contribution in [-0.4, -0.2) is 12.5 Å². The van der Waals surface area contributed by atoms with Crippen molar-refractivity contribution in [2.75, 3.05) is 11.9 Å². The zero-order valence-corrected chi connectivity index (χ0v) is 12.8. The normalized spacial score (nSPS) is 10.2. The van der Waals surface area contributed by atoms with Crippen LogP contribution in [0.1, 0.15) is 34.8 Å². The number of anilines is 1. The summed E-state index contributed by atoms with van der Waals surface area (Å²) in [5, 5.41) is 2.96. The molecule has 110 valence electrons. The summed E-state index contributed by atoms with van der Waals surface area (Å²) in [5.41, 5.74) is 3.70. The summed E-state index contributed by atoms with van der Waals surface area (Å²) in [7, 11) is 0. The maximum Gasteiger partial charge on any atom is 0.255 e. The first-order valence-electron chi connectivity index (χ1n) is 7.22. The Bertz CT molecular complexity index is 635. The number of rotatable bonds is 5. The Morgan fingerprint density at radius 1 is 1.14 bits per heavy atom. The molecule has 0 heterocycles. The SMILES string of the molecule is CCCOc1cccc(C(=O)Nc2cccc(C)c2C)c1. The van der Waals surface area contributed by atoms with Gasteiger partial charge in [0.1, 0.15) is 5.75 Å². The lowest BCUT2D eigenvalue weighted by Crippen LogP contribution is -2.13. The Morgan fingerprint density at radius 2 is 1.90 bits per heavy atom. The molecule has 0 unspecified atom stereocenters. The predicted octanol–water partition coefficient (Wildman–Crippen LogP) is 4.34. The van der Waals surface area contributed by atoms with Crippen LogP contribution in [0.2, 0.25) is 0 Å². The number of amides is 1. The molecule has 2 aromatic rings. The highest BCUT2D eigenvalue weighted by Crippen LogP contribution is 2.20. The van der Waals surface area contributed by atoms with Crippen molar-refractivity contribution >= 4 is 11.6 Å². The van der Waals surface area contributed by atoms with E-state index < -0.39 is 0 Å². The highest BCUT2D eigenvalue weighted by atomic mass is 16.5. The molecule has 0 atom stereocenters. The van der Waals surface area contributed by atoms with Crippen LogP contribution >= 0.6 is 0 Å². The summed E-state index contributed by atoms with van der Waals surface area (Å²) in [6, 6.07) is 13.2. The molecule has 0 aliphatic heterocycles. The minimum atomic E-state index is -0.120. The number of hydrogen-bond donors (Lipinski definition) is 1. The Morgan fingerprint density at radius 3 is 2.67 bits per heavy atom. The third-order valence-corrected chi connectivity index (χ3v) is 3.42. The lowest BCUT2D eigenvalue weighted by molar-refractivity contribution is 0.102. The third-order valence-electron chi connectivity index (χ3n) is 3.42. The molecule has 2 aromatic carbocycles. The summed E-state index contributed by atoms with van der Waals surface area (Å²) >= 11 is 0. The average Bonchev–Trinajstić information content (AvgIpc) is 2.50. The van der Waals surface area contributed by atoms with Crippen molar-refractivity contribution in [1.29, 1.82) is 0 Å². The van der Waals surface area contributed by atoms with Crippen molar-refractivity contribution in [1.82, 2.24) is 0 Å².